The number of nitrogens with one attached hydrogen (secondary N) is 3. The molecular weight excluding hydrogens is 441 g/mol. The van der Waals surface area contributed by atoms with Gasteiger partial charge >= 0.3 is 6.09 Å². The molecule has 9 heteroatoms. The first-order valence-electron chi connectivity index (χ1n) is 9.62. The Morgan fingerprint density at radius 2 is 1.61 bits per heavy atom. The fourth-order valence-electron chi connectivity index (χ4n) is 2.44. The van der Waals surface area contributed by atoms with Crippen LogP contribution in [0.25, 0.3) is 0 Å². The maximum Gasteiger partial charge on any atom is 0.407 e. The molecule has 31 heavy (non-hydrogen) atoms. The minimum absolute atomic E-state index is 0.112. The van der Waals surface area contributed by atoms with Gasteiger partial charge in [-0.1, -0.05) is 35.3 Å². The zero-order valence-corrected chi connectivity index (χ0v) is 19.1. The molecule has 0 spiro atoms. The summed E-state index contributed by atoms with van der Waals surface area (Å²) in [6.07, 6.45) is -0.451. The van der Waals surface area contributed by atoms with Gasteiger partial charge in [0, 0.05) is 30.8 Å². The van der Waals surface area contributed by atoms with Gasteiger partial charge in [0.1, 0.15) is 5.60 Å². The largest absolute Gasteiger partial charge is 0.444 e. The molecule has 0 bridgehead atoms. The van der Waals surface area contributed by atoms with E-state index in [9.17, 15) is 14.4 Å². The molecule has 0 aliphatic carbocycles. The van der Waals surface area contributed by atoms with Crippen molar-refractivity contribution in [2.45, 2.75) is 39.3 Å². The van der Waals surface area contributed by atoms with Gasteiger partial charge in [-0.3, -0.25) is 9.59 Å². The van der Waals surface area contributed by atoms with E-state index in [1.807, 2.05) is 0 Å². The number of carbonyl (C=O) groups excluding carboxylic acids is 3. The molecule has 0 fully saturated rings. The van der Waals surface area contributed by atoms with E-state index in [1.165, 1.54) is 6.07 Å². The first-order valence-corrected chi connectivity index (χ1v) is 10.4. The summed E-state index contributed by atoms with van der Waals surface area (Å²) in [5.41, 5.74) is 1.30. The first kappa shape index (κ1) is 24.5. The summed E-state index contributed by atoms with van der Waals surface area (Å²) in [6, 6.07) is 11.7. The van der Waals surface area contributed by atoms with Crippen LogP contribution in [0.4, 0.5) is 10.5 Å². The molecule has 0 atom stereocenters. The molecule has 0 aliphatic rings. The fraction of sp³-hybridized carbons (Fsp3) is 0.318. The van der Waals surface area contributed by atoms with E-state index in [0.717, 1.165) is 5.56 Å². The number of anilines is 1. The van der Waals surface area contributed by atoms with Crippen molar-refractivity contribution in [3.05, 3.63) is 63.6 Å². The second-order valence-electron chi connectivity index (χ2n) is 7.74. The molecule has 7 nitrogen and oxygen atoms in total. The lowest BCUT2D eigenvalue weighted by Gasteiger charge is -2.19. The number of hydrogen-bond donors (Lipinski definition) is 3. The number of hydrogen-bond acceptors (Lipinski definition) is 4. The molecule has 2 aromatic rings. The van der Waals surface area contributed by atoms with Gasteiger partial charge in [0.05, 0.1) is 10.0 Å². The van der Waals surface area contributed by atoms with Crippen LogP contribution in [0.5, 0.6) is 0 Å². The fourth-order valence-corrected chi connectivity index (χ4v) is 2.74. The number of alkyl carbamates (subject to hydrolysis) is 1. The predicted molar refractivity (Wildman–Crippen MR) is 122 cm³/mol. The third-order valence-electron chi connectivity index (χ3n) is 3.89. The van der Waals surface area contributed by atoms with Crippen molar-refractivity contribution in [3.8, 4) is 0 Å². The predicted octanol–water partition coefficient (Wildman–Crippen LogP) is 4.78. The second kappa shape index (κ2) is 11.0. The van der Waals surface area contributed by atoms with Crippen LogP contribution in [-0.4, -0.2) is 30.1 Å². The lowest BCUT2D eigenvalue weighted by Crippen LogP contribution is -2.34. The van der Waals surface area contributed by atoms with Crippen LogP contribution in [0.3, 0.4) is 0 Å². The van der Waals surface area contributed by atoms with Crippen molar-refractivity contribution in [3.63, 3.8) is 0 Å². The van der Waals surface area contributed by atoms with Crippen molar-refractivity contribution >= 4 is 46.8 Å². The second-order valence-corrected chi connectivity index (χ2v) is 8.55. The Labute approximate surface area is 191 Å². The Hall–Kier alpha value is -2.77. The lowest BCUT2D eigenvalue weighted by molar-refractivity contribution is -0.116. The summed E-state index contributed by atoms with van der Waals surface area (Å²) in [5.74, 6) is -0.509. The third kappa shape index (κ3) is 8.86. The molecule has 2 rings (SSSR count). The number of benzene rings is 2. The smallest absolute Gasteiger partial charge is 0.407 e. The van der Waals surface area contributed by atoms with Crippen LogP contribution >= 0.6 is 23.2 Å². The Morgan fingerprint density at radius 3 is 2.23 bits per heavy atom. The maximum absolute atomic E-state index is 12.2. The number of ether oxygens (including phenoxy) is 1. The molecule has 0 saturated heterocycles. The van der Waals surface area contributed by atoms with Crippen LogP contribution < -0.4 is 16.0 Å². The van der Waals surface area contributed by atoms with Crippen LogP contribution in [0.15, 0.2) is 42.5 Å². The molecule has 3 amide bonds. The van der Waals surface area contributed by atoms with Crippen LogP contribution in [0.2, 0.25) is 10.0 Å². The van der Waals surface area contributed by atoms with Crippen molar-refractivity contribution in [1.29, 1.82) is 0 Å². The molecule has 0 saturated carbocycles. The Morgan fingerprint density at radius 1 is 0.935 bits per heavy atom. The van der Waals surface area contributed by atoms with Crippen molar-refractivity contribution < 1.29 is 19.1 Å². The Bertz CT molecular complexity index is 941. The van der Waals surface area contributed by atoms with Crippen LogP contribution in [-0.2, 0) is 16.1 Å². The van der Waals surface area contributed by atoms with E-state index in [0.29, 0.717) is 27.8 Å². The van der Waals surface area contributed by atoms with Gasteiger partial charge in [0.15, 0.2) is 0 Å². The van der Waals surface area contributed by atoms with Crippen LogP contribution in [0.1, 0.15) is 43.1 Å². The molecule has 3 N–H and O–H groups in total. The summed E-state index contributed by atoms with van der Waals surface area (Å²) < 4.78 is 5.11. The highest BCUT2D eigenvalue weighted by atomic mass is 35.5. The first-order chi connectivity index (χ1) is 14.5. The standard InChI is InChI=1S/C22H25Cl2N3O4/c1-22(2,3)31-21(30)25-11-10-19(28)27-16-7-4-14(5-8-16)13-26-20(29)15-6-9-17(23)18(24)12-15/h4-9,12H,10-11,13H2,1-3H3,(H,25,30)(H,26,29)(H,27,28). The summed E-state index contributed by atoms with van der Waals surface area (Å²) in [7, 11) is 0. The van der Waals surface area contributed by atoms with Gasteiger partial charge in [-0.05, 0) is 56.7 Å². The Balaban J connectivity index is 1.76. The highest BCUT2D eigenvalue weighted by Gasteiger charge is 2.16. The van der Waals surface area contributed by atoms with Gasteiger partial charge in [0.25, 0.3) is 5.91 Å². The average Bonchev–Trinajstić information content (AvgIpc) is 2.68. The van der Waals surface area contributed by atoms with E-state index < -0.39 is 11.7 Å². The van der Waals surface area contributed by atoms with Crippen molar-refractivity contribution in [2.24, 2.45) is 0 Å². The topological polar surface area (TPSA) is 96.5 Å². The van der Waals surface area contributed by atoms with Gasteiger partial charge in [0.2, 0.25) is 5.91 Å². The van der Waals surface area contributed by atoms with E-state index in [1.54, 1.807) is 57.2 Å². The minimum Gasteiger partial charge on any atom is -0.444 e. The zero-order valence-electron chi connectivity index (χ0n) is 17.6. The van der Waals surface area contributed by atoms with E-state index in [2.05, 4.69) is 16.0 Å². The van der Waals surface area contributed by atoms with Gasteiger partial charge in [-0.15, -0.1) is 0 Å². The summed E-state index contributed by atoms with van der Waals surface area (Å²) >= 11 is 11.8. The van der Waals surface area contributed by atoms with E-state index in [4.69, 9.17) is 27.9 Å². The quantitative estimate of drug-likeness (QED) is 0.548. The van der Waals surface area contributed by atoms with E-state index in [-0.39, 0.29) is 24.8 Å². The Kier molecular flexibility index (Phi) is 8.71. The molecule has 0 radical (unpaired) electrons. The normalized spacial score (nSPS) is 10.9. The van der Waals surface area contributed by atoms with E-state index >= 15 is 0 Å². The maximum atomic E-state index is 12.2. The number of carbonyl (C=O) groups is 3. The molecule has 0 heterocycles. The van der Waals surface area contributed by atoms with Crippen LogP contribution in [0, 0.1) is 0 Å². The number of rotatable bonds is 7. The summed E-state index contributed by atoms with van der Waals surface area (Å²) in [6.45, 7) is 5.78. The molecule has 0 aromatic heterocycles. The molecule has 0 unspecified atom stereocenters. The monoisotopic (exact) mass is 465 g/mol. The van der Waals surface area contributed by atoms with Crippen molar-refractivity contribution in [1.82, 2.24) is 10.6 Å². The molecule has 0 aliphatic heterocycles. The lowest BCUT2D eigenvalue weighted by atomic mass is 10.1. The average molecular weight is 466 g/mol. The summed E-state index contributed by atoms with van der Waals surface area (Å²) in [4.78, 5) is 35.8. The minimum atomic E-state index is -0.588. The molecule has 2 aromatic carbocycles. The molecular formula is C22H25Cl2N3O4. The number of halogens is 2. The van der Waals surface area contributed by atoms with Crippen molar-refractivity contribution in [2.75, 3.05) is 11.9 Å². The SMILES string of the molecule is CC(C)(C)OC(=O)NCCC(=O)Nc1ccc(CNC(=O)c2ccc(Cl)c(Cl)c2)cc1. The highest BCUT2D eigenvalue weighted by Crippen LogP contribution is 2.22. The molecule has 166 valence electrons. The van der Waals surface area contributed by atoms with Gasteiger partial charge in [-0.2, -0.15) is 0 Å². The number of amides is 3. The van der Waals surface area contributed by atoms with Gasteiger partial charge in [-0.25, -0.2) is 4.79 Å². The van der Waals surface area contributed by atoms with Gasteiger partial charge < -0.3 is 20.7 Å². The summed E-state index contributed by atoms with van der Waals surface area (Å²) in [5, 5.41) is 8.78. The highest BCUT2D eigenvalue weighted by molar-refractivity contribution is 6.42. The zero-order chi connectivity index (χ0) is 23.0. The third-order valence-corrected chi connectivity index (χ3v) is 4.63.